The molecule has 1 aliphatic carbocycles. The normalized spacial score (nSPS) is 45.4. The maximum absolute atomic E-state index is 8.87. The fourth-order valence-electron chi connectivity index (χ4n) is 1.66. The molecular weight excluding hydrogens is 216 g/mol. The third-order valence-electron chi connectivity index (χ3n) is 2.75. The van der Waals surface area contributed by atoms with Crippen molar-refractivity contribution in [2.75, 3.05) is 0 Å². The van der Waals surface area contributed by atoms with Crippen molar-refractivity contribution in [1.29, 1.82) is 0 Å². The Morgan fingerprint density at radius 1 is 1.06 bits per heavy atom. The quantitative estimate of drug-likeness (QED) is 0.593. The Balaban J connectivity index is 3.75. The van der Waals surface area contributed by atoms with Gasteiger partial charge in [0.05, 0.1) is 4.11 Å². The van der Waals surface area contributed by atoms with E-state index < -0.39 is 91.2 Å². The molecule has 2 rings (SSSR count). The first-order chi connectivity index (χ1) is 15.8. The van der Waals surface area contributed by atoms with Crippen LogP contribution in [0.25, 0.3) is 0 Å². The van der Waals surface area contributed by atoms with Gasteiger partial charge in [-0.25, -0.2) is 0 Å². The Bertz CT molecular complexity index is 1060. The minimum Gasteiger partial charge on any atom is -0.0582 e. The van der Waals surface area contributed by atoms with Crippen molar-refractivity contribution in [3.63, 3.8) is 0 Å². The maximum atomic E-state index is 8.87. The van der Waals surface area contributed by atoms with Crippen LogP contribution in [0.3, 0.4) is 0 Å². The summed E-state index contributed by atoms with van der Waals surface area (Å²) in [6, 6.07) is -3.34. The summed E-state index contributed by atoms with van der Waals surface area (Å²) in [5.41, 5.74) is -12.7. The molecule has 0 unspecified atom stereocenters. The lowest BCUT2D eigenvalue weighted by Gasteiger charge is -2.42. The van der Waals surface area contributed by atoms with E-state index >= 15 is 0 Å². The van der Waals surface area contributed by atoms with E-state index in [9.17, 15) is 0 Å². The molecule has 1 aromatic rings. The summed E-state index contributed by atoms with van der Waals surface area (Å²) in [4.78, 5) is 0. The molecule has 0 aromatic heterocycles. The van der Waals surface area contributed by atoms with Crippen molar-refractivity contribution in [1.82, 2.24) is 0 Å². The van der Waals surface area contributed by atoms with Gasteiger partial charge in [0.1, 0.15) is 0 Å². The van der Waals surface area contributed by atoms with Crippen LogP contribution >= 0.6 is 0 Å². The highest BCUT2D eigenvalue weighted by Crippen LogP contribution is 2.46. The van der Waals surface area contributed by atoms with Crippen molar-refractivity contribution in [2.45, 2.75) is 77.2 Å². The maximum Gasteiger partial charge on any atom is 0.0629 e. The molecule has 1 aromatic carbocycles. The summed E-state index contributed by atoms with van der Waals surface area (Å²) in [6.07, 6.45) is -8.59. The second-order valence-electron chi connectivity index (χ2n) is 5.50. The second kappa shape index (κ2) is 3.85. The van der Waals surface area contributed by atoms with Gasteiger partial charge in [-0.3, -0.25) is 0 Å². The molecule has 1 aliphatic rings. The van der Waals surface area contributed by atoms with Crippen LogP contribution in [0, 0.1) is 0 Å². The van der Waals surface area contributed by atoms with Gasteiger partial charge in [-0.2, -0.15) is 0 Å². The standard InChI is InChI=1S/C18H28/c1-16(2,3)13-8-9-14-15(12-13)18(6,7)11-10-17(14,4)5/h8-9,12H,10-11H2,1-7H3/i4D3,5D3,6D3,7D3,8D,9D,10D2,11D2,12D. The first kappa shape index (κ1) is 3.27. The lowest BCUT2D eigenvalue weighted by atomic mass is 9.62. The third kappa shape index (κ3) is 2.22. The zero-order valence-corrected chi connectivity index (χ0v) is 10.5. The topological polar surface area (TPSA) is 0 Å². The summed E-state index contributed by atoms with van der Waals surface area (Å²) >= 11 is 0. The van der Waals surface area contributed by atoms with E-state index in [-0.39, 0.29) is 0 Å². The Hall–Kier alpha value is -0.780. The van der Waals surface area contributed by atoms with Gasteiger partial charge in [0.2, 0.25) is 0 Å². The highest BCUT2D eigenvalue weighted by Gasteiger charge is 2.37. The van der Waals surface area contributed by atoms with E-state index in [1.54, 1.807) is 0 Å². The predicted octanol–water partition coefficient (Wildman–Crippen LogP) is 5.33. The number of hydrogen-bond donors (Lipinski definition) is 0. The zero-order valence-electron chi connectivity index (χ0n) is 29.5. The van der Waals surface area contributed by atoms with E-state index in [2.05, 4.69) is 0 Å². The SMILES string of the molecule is [2H]c1c([2H])c2c(c([2H])c1C(C)(C)C)C(C([2H])([2H])[2H])(C([2H])([2H])[2H])C([2H])([2H])C([2H])([2H])C2(C([2H])([2H])[2H])C([2H])([2H])[2H]. The average Bonchev–Trinajstić information content (AvgIpc) is 2.55. The molecular formula is C18H28. The molecule has 0 heteroatoms. The first-order valence-corrected chi connectivity index (χ1v) is 5.50. The number of rotatable bonds is 0. The highest BCUT2D eigenvalue weighted by molar-refractivity contribution is 5.45. The van der Waals surface area contributed by atoms with Gasteiger partial charge < -0.3 is 0 Å². The van der Waals surface area contributed by atoms with E-state index in [4.69, 9.17) is 26.0 Å². The molecule has 0 saturated carbocycles. The lowest BCUT2D eigenvalue weighted by Crippen LogP contribution is -2.34. The van der Waals surface area contributed by atoms with Crippen LogP contribution in [-0.4, -0.2) is 0 Å². The third-order valence-corrected chi connectivity index (χ3v) is 2.75. The lowest BCUT2D eigenvalue weighted by molar-refractivity contribution is 0.331. The monoisotopic (exact) mass is 263 g/mol. The summed E-state index contributed by atoms with van der Waals surface area (Å²) in [5.74, 6) is 0. The molecule has 18 heavy (non-hydrogen) atoms. The molecule has 0 amide bonds. The fourth-order valence-corrected chi connectivity index (χ4v) is 1.66. The van der Waals surface area contributed by atoms with Crippen molar-refractivity contribution >= 4 is 0 Å². The smallest absolute Gasteiger partial charge is 0.0582 e. The van der Waals surface area contributed by atoms with Crippen molar-refractivity contribution in [3.8, 4) is 0 Å². The van der Waals surface area contributed by atoms with E-state index in [1.165, 1.54) is 20.8 Å². The molecule has 0 heterocycles. The Labute approximate surface area is 139 Å². The molecule has 0 nitrogen and oxygen atoms in total. The number of hydrogen-bond acceptors (Lipinski definition) is 0. The molecule has 0 bridgehead atoms. The predicted molar refractivity (Wildman–Crippen MR) is 80.4 cm³/mol. The van der Waals surface area contributed by atoms with Crippen molar-refractivity contribution in [3.05, 3.63) is 34.8 Å². The molecule has 0 atom stereocenters. The minimum atomic E-state index is -4.30. The van der Waals surface area contributed by atoms with Crippen LogP contribution in [0.1, 0.15) is 104 Å². The van der Waals surface area contributed by atoms with Gasteiger partial charge in [0.15, 0.2) is 0 Å². The number of fused-ring (bicyclic) bond motifs is 1. The molecule has 0 radical (unpaired) electrons. The fraction of sp³-hybridized carbons (Fsp3) is 0.667. The molecule has 0 fully saturated rings. The Kier molecular flexibility index (Phi) is 0.700. The Morgan fingerprint density at radius 2 is 1.61 bits per heavy atom. The molecule has 0 saturated heterocycles. The molecule has 0 spiro atoms. The summed E-state index contributed by atoms with van der Waals surface area (Å²) < 4.78 is 159. The van der Waals surface area contributed by atoms with Gasteiger partial charge in [0.25, 0.3) is 0 Å². The largest absolute Gasteiger partial charge is 0.0629 e. The van der Waals surface area contributed by atoms with Crippen LogP contribution in [0.5, 0.6) is 0 Å². The van der Waals surface area contributed by atoms with Gasteiger partial charge in [-0.15, -0.1) is 0 Å². The summed E-state index contributed by atoms with van der Waals surface area (Å²) in [6.45, 7) is -11.8. The van der Waals surface area contributed by atoms with Gasteiger partial charge >= 0.3 is 0 Å². The summed E-state index contributed by atoms with van der Waals surface area (Å²) in [5, 5.41) is 0. The van der Waals surface area contributed by atoms with Crippen molar-refractivity contribution in [2.24, 2.45) is 0 Å². The van der Waals surface area contributed by atoms with Crippen LogP contribution in [0.15, 0.2) is 18.1 Å². The van der Waals surface area contributed by atoms with E-state index in [1.807, 2.05) is 0 Å². The zero-order chi connectivity index (χ0) is 30.0. The minimum absolute atomic E-state index is 0.447. The molecule has 0 N–H and O–H groups in total. The first-order valence-electron chi connectivity index (χ1n) is 15.0. The van der Waals surface area contributed by atoms with E-state index in [0.717, 1.165) is 0 Å². The van der Waals surface area contributed by atoms with Gasteiger partial charge in [0, 0.05) is 21.9 Å². The van der Waals surface area contributed by atoms with Crippen LogP contribution in [0.4, 0.5) is 0 Å². The summed E-state index contributed by atoms with van der Waals surface area (Å²) in [7, 11) is 0. The molecule has 100 valence electrons. The number of benzene rings is 1. The van der Waals surface area contributed by atoms with Crippen LogP contribution in [-0.2, 0) is 16.2 Å². The second-order valence-corrected chi connectivity index (χ2v) is 5.50. The van der Waals surface area contributed by atoms with Crippen molar-refractivity contribution < 1.29 is 26.0 Å². The van der Waals surface area contributed by atoms with Gasteiger partial charge in [-0.1, -0.05) is 66.3 Å². The average molecular weight is 264 g/mol. The van der Waals surface area contributed by atoms with E-state index in [0.29, 0.717) is 0 Å². The van der Waals surface area contributed by atoms with Crippen LogP contribution < -0.4 is 0 Å². The van der Waals surface area contributed by atoms with Gasteiger partial charge in [-0.05, 0) is 45.7 Å². The molecule has 0 aliphatic heterocycles. The highest BCUT2D eigenvalue weighted by atomic mass is 14.4. The van der Waals surface area contributed by atoms with Crippen LogP contribution in [0.2, 0.25) is 0 Å². The Morgan fingerprint density at radius 3 is 2.11 bits per heavy atom.